The van der Waals surface area contributed by atoms with Crippen molar-refractivity contribution in [2.24, 2.45) is 0 Å². The van der Waals surface area contributed by atoms with Crippen LogP contribution in [0.3, 0.4) is 0 Å². The zero-order chi connectivity index (χ0) is 20.9. The van der Waals surface area contributed by atoms with Crippen molar-refractivity contribution in [2.75, 3.05) is 20.3 Å². The summed E-state index contributed by atoms with van der Waals surface area (Å²) in [6.45, 7) is 4.40. The lowest BCUT2D eigenvalue weighted by Gasteiger charge is -2.30. The van der Waals surface area contributed by atoms with E-state index < -0.39 is 15.6 Å². The van der Waals surface area contributed by atoms with Crippen LogP contribution < -0.4 is 9.46 Å². The number of methoxy groups -OCH3 is 1. The van der Waals surface area contributed by atoms with E-state index >= 15 is 0 Å². The average Bonchev–Trinajstić information content (AvgIpc) is 2.99. The Morgan fingerprint density at radius 1 is 1.14 bits per heavy atom. The van der Waals surface area contributed by atoms with Crippen LogP contribution in [0.15, 0.2) is 27.6 Å². The van der Waals surface area contributed by atoms with E-state index in [0.29, 0.717) is 43.5 Å². The van der Waals surface area contributed by atoms with E-state index in [9.17, 15) is 8.42 Å². The lowest BCUT2D eigenvalue weighted by atomic mass is 9.91. The molecule has 8 nitrogen and oxygen atoms in total. The molecule has 0 bridgehead atoms. The Labute approximate surface area is 172 Å². The van der Waals surface area contributed by atoms with E-state index in [1.165, 1.54) is 0 Å². The highest BCUT2D eigenvalue weighted by Crippen LogP contribution is 2.36. The number of benzene rings is 1. The summed E-state index contributed by atoms with van der Waals surface area (Å²) in [5.41, 5.74) is -0.108. The van der Waals surface area contributed by atoms with Gasteiger partial charge in [0.2, 0.25) is 15.9 Å². The van der Waals surface area contributed by atoms with E-state index in [4.69, 9.17) is 14.0 Å². The van der Waals surface area contributed by atoms with Gasteiger partial charge in [-0.05, 0) is 43.5 Å². The Morgan fingerprint density at radius 3 is 2.45 bits per heavy atom. The summed E-state index contributed by atoms with van der Waals surface area (Å²) in [7, 11) is -2.19. The summed E-state index contributed by atoms with van der Waals surface area (Å²) in [6.07, 6.45) is 5.22. The predicted octanol–water partition coefficient (Wildman–Crippen LogP) is 3.24. The zero-order valence-electron chi connectivity index (χ0n) is 17.2. The third-order valence-electron chi connectivity index (χ3n) is 5.24. The molecule has 0 radical (unpaired) electrons. The van der Waals surface area contributed by atoms with Crippen molar-refractivity contribution >= 4 is 10.0 Å². The highest BCUT2D eigenvalue weighted by atomic mass is 32.2. The summed E-state index contributed by atoms with van der Waals surface area (Å²) in [5, 5.41) is 4.06. The quantitative estimate of drug-likeness (QED) is 0.513. The molecule has 29 heavy (non-hydrogen) atoms. The Hall–Kier alpha value is -1.97. The number of ether oxygens (including phenoxy) is 2. The number of aromatic nitrogens is 2. The number of nitrogens with zero attached hydrogens (tertiary/aromatic N) is 2. The van der Waals surface area contributed by atoms with Crippen LogP contribution in [0.25, 0.3) is 0 Å². The van der Waals surface area contributed by atoms with Crippen molar-refractivity contribution in [3.63, 3.8) is 0 Å². The van der Waals surface area contributed by atoms with Crippen LogP contribution in [0.4, 0.5) is 0 Å². The molecule has 0 aliphatic heterocycles. The normalized spacial score (nSPS) is 17.1. The molecule has 3 rings (SSSR count). The molecule has 0 spiro atoms. The molecule has 0 amide bonds. The molecule has 1 fully saturated rings. The molecule has 160 valence electrons. The van der Waals surface area contributed by atoms with E-state index in [1.54, 1.807) is 32.2 Å². The van der Waals surface area contributed by atoms with Crippen LogP contribution in [-0.4, -0.2) is 38.9 Å². The van der Waals surface area contributed by atoms with Crippen LogP contribution in [0, 0.1) is 13.8 Å². The third-order valence-corrected chi connectivity index (χ3v) is 6.78. The first kappa shape index (κ1) is 21.7. The maximum atomic E-state index is 13.3. The molecule has 0 unspecified atom stereocenters. The number of aryl methyl sites for hydroxylation is 2. The first-order chi connectivity index (χ1) is 13.9. The highest BCUT2D eigenvalue weighted by molar-refractivity contribution is 7.89. The van der Waals surface area contributed by atoms with Crippen LogP contribution >= 0.6 is 0 Å². The van der Waals surface area contributed by atoms with Gasteiger partial charge in [0, 0.05) is 14.0 Å². The molecule has 0 atom stereocenters. The van der Waals surface area contributed by atoms with Gasteiger partial charge in [0.1, 0.15) is 12.4 Å². The van der Waals surface area contributed by atoms with Crippen LogP contribution in [0.5, 0.6) is 5.75 Å². The van der Waals surface area contributed by atoms with E-state index in [-0.39, 0.29) is 4.90 Å². The van der Waals surface area contributed by atoms with Gasteiger partial charge in [0.15, 0.2) is 5.82 Å². The first-order valence-corrected chi connectivity index (χ1v) is 11.4. The lowest BCUT2D eigenvalue weighted by molar-refractivity contribution is 0.146. The Bertz CT molecular complexity index is 918. The van der Waals surface area contributed by atoms with Crippen molar-refractivity contribution in [1.29, 1.82) is 0 Å². The highest BCUT2D eigenvalue weighted by Gasteiger charge is 2.41. The summed E-state index contributed by atoms with van der Waals surface area (Å²) in [6, 6.07) is 4.86. The van der Waals surface area contributed by atoms with Crippen LogP contribution in [0.2, 0.25) is 0 Å². The topological polar surface area (TPSA) is 104 Å². The molecule has 1 aromatic heterocycles. The van der Waals surface area contributed by atoms with E-state index in [1.807, 2.05) is 6.92 Å². The number of hydrogen-bond acceptors (Lipinski definition) is 7. The van der Waals surface area contributed by atoms with Gasteiger partial charge in [0.25, 0.3) is 0 Å². The summed E-state index contributed by atoms with van der Waals surface area (Å²) in [5.74, 6) is 1.48. The van der Waals surface area contributed by atoms with Gasteiger partial charge in [-0.15, -0.1) is 0 Å². The minimum absolute atomic E-state index is 0.193. The minimum Gasteiger partial charge on any atom is -0.491 e. The molecule has 1 aliphatic carbocycles. The van der Waals surface area contributed by atoms with Crippen molar-refractivity contribution in [2.45, 2.75) is 62.8 Å². The van der Waals surface area contributed by atoms with Gasteiger partial charge in [-0.25, -0.2) is 8.42 Å². The fraction of sp³-hybridized carbons (Fsp3) is 0.600. The van der Waals surface area contributed by atoms with E-state index in [2.05, 4.69) is 14.9 Å². The third kappa shape index (κ3) is 5.15. The monoisotopic (exact) mass is 423 g/mol. The maximum Gasteiger partial charge on any atom is 0.241 e. The molecular weight excluding hydrogens is 394 g/mol. The van der Waals surface area contributed by atoms with Crippen molar-refractivity contribution in [3.8, 4) is 5.75 Å². The number of rotatable bonds is 8. The largest absolute Gasteiger partial charge is 0.491 e. The molecule has 1 aliphatic rings. The van der Waals surface area contributed by atoms with Crippen molar-refractivity contribution in [1.82, 2.24) is 14.9 Å². The van der Waals surface area contributed by atoms with Gasteiger partial charge in [-0.3, -0.25) is 0 Å². The second-order valence-corrected chi connectivity index (χ2v) is 9.19. The molecule has 1 aromatic carbocycles. The van der Waals surface area contributed by atoms with Gasteiger partial charge in [-0.1, -0.05) is 30.8 Å². The van der Waals surface area contributed by atoms with Gasteiger partial charge < -0.3 is 14.0 Å². The van der Waals surface area contributed by atoms with Gasteiger partial charge >= 0.3 is 0 Å². The van der Waals surface area contributed by atoms with E-state index in [0.717, 1.165) is 31.2 Å². The SMILES string of the molecule is COCCOc1ccc(S(=O)(=O)NC2(c3noc(C)n3)CCCCCC2)cc1C. The van der Waals surface area contributed by atoms with Crippen LogP contribution in [0.1, 0.15) is 55.8 Å². The number of sulfonamides is 1. The Balaban J connectivity index is 1.88. The summed E-state index contributed by atoms with van der Waals surface area (Å²) >= 11 is 0. The molecule has 0 saturated heterocycles. The fourth-order valence-electron chi connectivity index (χ4n) is 3.70. The fourth-order valence-corrected chi connectivity index (χ4v) is 5.21. The molecule has 1 N–H and O–H groups in total. The summed E-state index contributed by atoms with van der Waals surface area (Å²) in [4.78, 5) is 4.56. The molecular formula is C20H29N3O5S. The standard InChI is InChI=1S/C20H29N3O5S/c1-15-14-17(8-9-18(15)27-13-12-26-3)29(24,25)23-20(10-6-4-5-7-11-20)19-21-16(2)28-22-19/h8-9,14,23H,4-7,10-13H2,1-3H3. The second-order valence-electron chi connectivity index (χ2n) is 7.51. The zero-order valence-corrected chi connectivity index (χ0v) is 18.0. The first-order valence-electron chi connectivity index (χ1n) is 9.93. The van der Waals surface area contributed by atoms with Crippen molar-refractivity contribution in [3.05, 3.63) is 35.5 Å². The molecule has 2 aromatic rings. The van der Waals surface area contributed by atoms with Gasteiger partial charge in [-0.2, -0.15) is 9.71 Å². The predicted molar refractivity (Wildman–Crippen MR) is 107 cm³/mol. The van der Waals surface area contributed by atoms with Crippen molar-refractivity contribution < 1.29 is 22.4 Å². The average molecular weight is 424 g/mol. The lowest BCUT2D eigenvalue weighted by Crippen LogP contribution is -2.46. The molecule has 1 saturated carbocycles. The smallest absolute Gasteiger partial charge is 0.241 e. The number of nitrogens with one attached hydrogen (secondary N) is 1. The minimum atomic E-state index is -3.79. The van der Waals surface area contributed by atoms with Crippen LogP contribution in [-0.2, 0) is 20.3 Å². The Morgan fingerprint density at radius 2 is 1.86 bits per heavy atom. The number of hydrogen-bond donors (Lipinski definition) is 1. The summed E-state index contributed by atoms with van der Waals surface area (Å²) < 4.78 is 45.2. The molecule has 1 heterocycles. The maximum absolute atomic E-state index is 13.3. The second kappa shape index (κ2) is 9.23. The van der Waals surface area contributed by atoms with Gasteiger partial charge in [0.05, 0.1) is 17.0 Å². The molecule has 9 heteroatoms. The Kier molecular flexibility index (Phi) is 6.92.